The molecule has 0 radical (unpaired) electrons. The lowest BCUT2D eigenvalue weighted by Gasteiger charge is -2.28. The average molecular weight is 304 g/mol. The molecule has 6 nitrogen and oxygen atoms in total. The van der Waals surface area contributed by atoms with Crippen LogP contribution in [0.25, 0.3) is 0 Å². The minimum absolute atomic E-state index is 0.0109. The van der Waals surface area contributed by atoms with Crippen LogP contribution >= 0.6 is 0 Å². The monoisotopic (exact) mass is 304 g/mol. The summed E-state index contributed by atoms with van der Waals surface area (Å²) in [4.78, 5) is 23.0. The lowest BCUT2D eigenvalue weighted by molar-refractivity contribution is -0.141. The molecule has 3 N–H and O–H groups in total. The number of aliphatic carboxylic acids is 1. The molecule has 2 amide bonds. The van der Waals surface area contributed by atoms with Gasteiger partial charge in [0.25, 0.3) is 0 Å². The second kappa shape index (κ2) is 8.94. The third-order valence-electron chi connectivity index (χ3n) is 3.61. The summed E-state index contributed by atoms with van der Waals surface area (Å²) in [6.45, 7) is 2.11. The van der Waals surface area contributed by atoms with Gasteiger partial charge in [0, 0.05) is 28.9 Å². The first-order valence-corrected chi connectivity index (χ1v) is 8.65. The van der Waals surface area contributed by atoms with Crippen LogP contribution in [0, 0.1) is 5.92 Å². The van der Waals surface area contributed by atoms with Crippen molar-refractivity contribution in [3.05, 3.63) is 0 Å². The highest BCUT2D eigenvalue weighted by atomic mass is 32.2. The van der Waals surface area contributed by atoms with Crippen molar-refractivity contribution >= 4 is 22.8 Å². The number of hydrogen-bond donors (Lipinski definition) is 3. The van der Waals surface area contributed by atoms with Crippen LogP contribution in [0.15, 0.2) is 0 Å². The number of carbonyl (C=O) groups is 2. The maximum absolute atomic E-state index is 11.7. The first-order valence-electron chi connectivity index (χ1n) is 7.16. The van der Waals surface area contributed by atoms with E-state index >= 15 is 0 Å². The van der Waals surface area contributed by atoms with Gasteiger partial charge in [0.2, 0.25) is 0 Å². The Balaban J connectivity index is 2.38. The van der Waals surface area contributed by atoms with Gasteiger partial charge in [0.15, 0.2) is 0 Å². The lowest BCUT2D eigenvalue weighted by atomic mass is 9.84. The highest BCUT2D eigenvalue weighted by Gasteiger charge is 2.30. The molecule has 2 atom stereocenters. The number of nitrogens with one attached hydrogen (secondary N) is 2. The zero-order chi connectivity index (χ0) is 15.0. The number of carboxylic acids is 1. The minimum atomic E-state index is -0.982. The first kappa shape index (κ1) is 16.9. The second-order valence-electron chi connectivity index (χ2n) is 5.05. The second-order valence-corrected chi connectivity index (χ2v) is 6.91. The Kier molecular flexibility index (Phi) is 7.58. The fraction of sp³-hybridized carbons (Fsp3) is 0.846. The molecule has 7 heteroatoms. The molecule has 1 fully saturated rings. The van der Waals surface area contributed by atoms with Crippen molar-refractivity contribution in [2.45, 2.75) is 45.1 Å². The molecule has 1 rings (SSSR count). The average Bonchev–Trinajstić information content (AvgIpc) is 2.45. The number of hydrogen-bond acceptors (Lipinski definition) is 3. The summed E-state index contributed by atoms with van der Waals surface area (Å²) in [5.74, 6) is -0.0187. The van der Waals surface area contributed by atoms with Gasteiger partial charge in [-0.2, -0.15) is 0 Å². The number of rotatable bonds is 7. The maximum atomic E-state index is 11.7. The third-order valence-corrected chi connectivity index (χ3v) is 4.91. The maximum Gasteiger partial charge on any atom is 0.326 e. The van der Waals surface area contributed by atoms with Crippen molar-refractivity contribution in [2.75, 3.05) is 18.1 Å². The Morgan fingerprint density at radius 3 is 2.50 bits per heavy atom. The fourth-order valence-corrected chi connectivity index (χ4v) is 3.08. The molecule has 0 heterocycles. The van der Waals surface area contributed by atoms with E-state index in [1.54, 1.807) is 0 Å². The van der Waals surface area contributed by atoms with Gasteiger partial charge in [-0.1, -0.05) is 26.2 Å². The Labute approximate surface area is 122 Å². The molecule has 0 saturated heterocycles. The predicted octanol–water partition coefficient (Wildman–Crippen LogP) is 1.09. The van der Waals surface area contributed by atoms with E-state index < -0.39 is 28.8 Å². The smallest absolute Gasteiger partial charge is 0.326 e. The van der Waals surface area contributed by atoms with Gasteiger partial charge in [-0.05, 0) is 18.8 Å². The molecule has 1 saturated carbocycles. The van der Waals surface area contributed by atoms with E-state index in [1.807, 2.05) is 6.92 Å². The number of carboxylic acid groups (broad SMARTS) is 1. The SMILES string of the molecule is CCS(=O)CCNC(=O)NC(C(=O)O)C1CCCCC1. The lowest BCUT2D eigenvalue weighted by Crippen LogP contribution is -2.50. The Bertz CT molecular complexity index is 356. The largest absolute Gasteiger partial charge is 0.480 e. The molecule has 0 bridgehead atoms. The normalized spacial score (nSPS) is 19.1. The molecule has 0 aromatic carbocycles. The molecular weight excluding hydrogens is 280 g/mol. The molecule has 1 aliphatic carbocycles. The van der Waals surface area contributed by atoms with E-state index in [1.165, 1.54) is 0 Å². The van der Waals surface area contributed by atoms with E-state index in [4.69, 9.17) is 0 Å². The Morgan fingerprint density at radius 1 is 1.30 bits per heavy atom. The van der Waals surface area contributed by atoms with E-state index in [9.17, 15) is 18.9 Å². The van der Waals surface area contributed by atoms with Crippen LogP contribution in [0.4, 0.5) is 4.79 Å². The van der Waals surface area contributed by atoms with E-state index in [0.717, 1.165) is 32.1 Å². The van der Waals surface area contributed by atoms with Crippen molar-refractivity contribution in [1.29, 1.82) is 0 Å². The summed E-state index contributed by atoms with van der Waals surface area (Å²) in [5, 5.41) is 14.3. The predicted molar refractivity (Wildman–Crippen MR) is 78.1 cm³/mol. The van der Waals surface area contributed by atoms with Gasteiger partial charge in [-0.25, -0.2) is 9.59 Å². The van der Waals surface area contributed by atoms with E-state index in [-0.39, 0.29) is 5.92 Å². The van der Waals surface area contributed by atoms with Crippen LogP contribution < -0.4 is 10.6 Å². The zero-order valence-corrected chi connectivity index (χ0v) is 12.7. The summed E-state index contributed by atoms with van der Waals surface area (Å²) in [6.07, 6.45) is 4.87. The fourth-order valence-electron chi connectivity index (χ4n) is 2.46. The van der Waals surface area contributed by atoms with Gasteiger partial charge in [-0.15, -0.1) is 0 Å². The van der Waals surface area contributed by atoms with Crippen molar-refractivity contribution in [1.82, 2.24) is 10.6 Å². The van der Waals surface area contributed by atoms with Crippen molar-refractivity contribution < 1.29 is 18.9 Å². The standard InChI is InChI=1S/C13H24N2O4S/c1-2-20(19)9-8-14-13(18)15-11(12(16)17)10-6-4-3-5-7-10/h10-11H,2-9H2,1H3,(H,16,17)(H2,14,15,18). The van der Waals surface area contributed by atoms with Gasteiger partial charge in [0.1, 0.15) is 6.04 Å². The van der Waals surface area contributed by atoms with Crippen molar-refractivity contribution in [2.24, 2.45) is 5.92 Å². The summed E-state index contributed by atoms with van der Waals surface area (Å²) < 4.78 is 11.2. The Morgan fingerprint density at radius 2 is 1.95 bits per heavy atom. The van der Waals surface area contributed by atoms with Crippen molar-refractivity contribution in [3.63, 3.8) is 0 Å². The highest BCUT2D eigenvalue weighted by Crippen LogP contribution is 2.26. The van der Waals surface area contributed by atoms with Gasteiger partial charge < -0.3 is 15.7 Å². The van der Waals surface area contributed by atoms with Crippen molar-refractivity contribution in [3.8, 4) is 0 Å². The molecule has 0 aliphatic heterocycles. The topological polar surface area (TPSA) is 95.5 Å². The third kappa shape index (κ3) is 5.90. The quantitative estimate of drug-likeness (QED) is 0.656. The summed E-state index contributed by atoms with van der Waals surface area (Å²) in [7, 11) is -0.928. The molecular formula is C13H24N2O4S. The molecule has 1 aliphatic rings. The van der Waals surface area contributed by atoms with Crippen LogP contribution in [0.5, 0.6) is 0 Å². The van der Waals surface area contributed by atoms with Crippen LogP contribution in [0.2, 0.25) is 0 Å². The zero-order valence-electron chi connectivity index (χ0n) is 11.9. The number of amides is 2. The molecule has 116 valence electrons. The van der Waals surface area contributed by atoms with Crippen LogP contribution in [-0.2, 0) is 15.6 Å². The molecule has 20 heavy (non-hydrogen) atoms. The Hall–Kier alpha value is -1.11. The number of carbonyl (C=O) groups excluding carboxylic acids is 1. The van der Waals surface area contributed by atoms with Crippen LogP contribution in [0.1, 0.15) is 39.0 Å². The highest BCUT2D eigenvalue weighted by molar-refractivity contribution is 7.84. The number of urea groups is 1. The molecule has 0 aromatic heterocycles. The van der Waals surface area contributed by atoms with Gasteiger partial charge in [0.05, 0.1) is 0 Å². The summed E-state index contributed by atoms with van der Waals surface area (Å²) >= 11 is 0. The summed E-state index contributed by atoms with van der Waals surface area (Å²) in [5.41, 5.74) is 0. The molecule has 0 aromatic rings. The van der Waals surface area contributed by atoms with Gasteiger partial charge in [-0.3, -0.25) is 4.21 Å². The minimum Gasteiger partial charge on any atom is -0.480 e. The van der Waals surface area contributed by atoms with Crippen LogP contribution in [0.3, 0.4) is 0 Å². The van der Waals surface area contributed by atoms with E-state index in [2.05, 4.69) is 10.6 Å². The van der Waals surface area contributed by atoms with Gasteiger partial charge >= 0.3 is 12.0 Å². The first-order chi connectivity index (χ1) is 9.54. The summed E-state index contributed by atoms with van der Waals surface area (Å²) in [6, 6.07) is -1.32. The van der Waals surface area contributed by atoms with Crippen LogP contribution in [-0.4, -0.2) is 45.4 Å². The van der Waals surface area contributed by atoms with E-state index in [0.29, 0.717) is 18.1 Å². The molecule has 2 unspecified atom stereocenters. The molecule has 0 spiro atoms.